The van der Waals surface area contributed by atoms with Gasteiger partial charge in [0.1, 0.15) is 0 Å². The molecule has 3 rings (SSSR count). The van der Waals surface area contributed by atoms with Gasteiger partial charge in [-0.15, -0.1) is 11.3 Å². The van der Waals surface area contributed by atoms with Gasteiger partial charge < -0.3 is 4.74 Å². The summed E-state index contributed by atoms with van der Waals surface area (Å²) in [6, 6.07) is 0.314. The van der Waals surface area contributed by atoms with Crippen LogP contribution in [0.2, 0.25) is 0 Å². The Morgan fingerprint density at radius 2 is 2.29 bits per heavy atom. The third kappa shape index (κ3) is 3.65. The molecule has 1 aromatic heterocycles. The molecule has 1 saturated carbocycles. The van der Waals surface area contributed by atoms with Crippen LogP contribution in [-0.2, 0) is 11.2 Å². The molecule has 1 aliphatic heterocycles. The van der Waals surface area contributed by atoms with Crippen LogP contribution < -0.4 is 11.3 Å². The Balaban J connectivity index is 1.65. The molecular formula is C16H27N3OS. The minimum absolute atomic E-state index is 0.147. The van der Waals surface area contributed by atoms with E-state index >= 15 is 0 Å². The summed E-state index contributed by atoms with van der Waals surface area (Å²) >= 11 is 1.72. The molecule has 1 aromatic rings. The number of hydrogen-bond donors (Lipinski definition) is 2. The van der Waals surface area contributed by atoms with Crippen molar-refractivity contribution in [1.82, 2.24) is 10.4 Å². The number of ether oxygens (including phenoxy) is 1. The van der Waals surface area contributed by atoms with E-state index in [0.717, 1.165) is 30.9 Å². The van der Waals surface area contributed by atoms with Crippen molar-refractivity contribution in [2.45, 2.75) is 69.9 Å². The highest BCUT2D eigenvalue weighted by atomic mass is 32.1. The van der Waals surface area contributed by atoms with Gasteiger partial charge in [0, 0.05) is 24.4 Å². The summed E-state index contributed by atoms with van der Waals surface area (Å²) in [6.07, 6.45) is 9.67. The Morgan fingerprint density at radius 1 is 1.48 bits per heavy atom. The molecule has 0 bridgehead atoms. The Hall–Kier alpha value is -0.490. The number of aromatic nitrogens is 1. The summed E-state index contributed by atoms with van der Waals surface area (Å²) in [5.74, 6) is 6.46. The number of aryl methyl sites for hydroxylation is 1. The van der Waals surface area contributed by atoms with Crippen molar-refractivity contribution in [2.75, 3.05) is 6.61 Å². The lowest BCUT2D eigenvalue weighted by Gasteiger charge is -2.45. The Labute approximate surface area is 131 Å². The van der Waals surface area contributed by atoms with Crippen molar-refractivity contribution in [3.63, 3.8) is 0 Å². The number of nitrogens with two attached hydrogens (primary N) is 1. The van der Waals surface area contributed by atoms with E-state index in [0.29, 0.717) is 12.0 Å². The lowest BCUT2D eigenvalue weighted by atomic mass is 9.73. The predicted molar refractivity (Wildman–Crippen MR) is 86.2 cm³/mol. The monoisotopic (exact) mass is 309 g/mol. The molecule has 0 radical (unpaired) electrons. The van der Waals surface area contributed by atoms with Crippen molar-refractivity contribution in [3.8, 4) is 0 Å². The normalized spacial score (nSPS) is 26.9. The number of hydrogen-bond acceptors (Lipinski definition) is 5. The van der Waals surface area contributed by atoms with E-state index in [1.807, 2.05) is 0 Å². The highest BCUT2D eigenvalue weighted by Gasteiger charge is 2.40. The minimum Gasteiger partial charge on any atom is -0.375 e. The number of hydrazine groups is 1. The van der Waals surface area contributed by atoms with Gasteiger partial charge in [-0.1, -0.05) is 19.3 Å². The third-order valence-corrected chi connectivity index (χ3v) is 6.00. The van der Waals surface area contributed by atoms with E-state index in [1.165, 1.54) is 37.8 Å². The fraction of sp³-hybridized carbons (Fsp3) is 0.812. The lowest BCUT2D eigenvalue weighted by molar-refractivity contribution is -0.121. The zero-order chi connectivity index (χ0) is 14.7. The predicted octanol–water partition coefficient (Wildman–Crippen LogP) is 2.96. The number of thiazole rings is 1. The van der Waals surface area contributed by atoms with Crippen LogP contribution in [0.3, 0.4) is 0 Å². The van der Waals surface area contributed by atoms with Crippen molar-refractivity contribution < 1.29 is 4.74 Å². The van der Waals surface area contributed by atoms with E-state index in [-0.39, 0.29) is 5.60 Å². The first kappa shape index (κ1) is 15.4. The van der Waals surface area contributed by atoms with Gasteiger partial charge in [-0.3, -0.25) is 11.3 Å². The molecule has 2 unspecified atom stereocenters. The van der Waals surface area contributed by atoms with Gasteiger partial charge in [-0.25, -0.2) is 4.98 Å². The molecule has 21 heavy (non-hydrogen) atoms. The summed E-state index contributed by atoms with van der Waals surface area (Å²) < 4.78 is 6.20. The van der Waals surface area contributed by atoms with Crippen LogP contribution in [-0.4, -0.2) is 23.2 Å². The number of nitrogens with one attached hydrogen (secondary N) is 1. The quantitative estimate of drug-likeness (QED) is 0.663. The van der Waals surface area contributed by atoms with Crippen LogP contribution in [0, 0.1) is 12.8 Å². The van der Waals surface area contributed by atoms with Gasteiger partial charge >= 0.3 is 0 Å². The van der Waals surface area contributed by atoms with Crippen LogP contribution in [0.25, 0.3) is 0 Å². The molecule has 2 heterocycles. The van der Waals surface area contributed by atoms with Gasteiger partial charge in [0.05, 0.1) is 16.3 Å². The topological polar surface area (TPSA) is 60.2 Å². The van der Waals surface area contributed by atoms with Crippen LogP contribution >= 0.6 is 11.3 Å². The zero-order valence-corrected chi connectivity index (χ0v) is 13.8. The average molecular weight is 309 g/mol. The van der Waals surface area contributed by atoms with Crippen LogP contribution in [0.4, 0.5) is 0 Å². The van der Waals surface area contributed by atoms with E-state index in [4.69, 9.17) is 10.6 Å². The first-order chi connectivity index (χ1) is 10.2. The molecule has 1 spiro atoms. The molecular weight excluding hydrogens is 282 g/mol. The SMILES string of the molecule is Cc1nc(CC(NN)C2CCOC3(CCCCC3)C2)cs1. The second-order valence-corrected chi connectivity index (χ2v) is 7.74. The number of rotatable bonds is 4. The minimum atomic E-state index is 0.147. The van der Waals surface area contributed by atoms with Crippen LogP contribution in [0.5, 0.6) is 0 Å². The molecule has 118 valence electrons. The van der Waals surface area contributed by atoms with E-state index < -0.39 is 0 Å². The average Bonchev–Trinajstić information content (AvgIpc) is 2.91. The van der Waals surface area contributed by atoms with Crippen molar-refractivity contribution in [1.29, 1.82) is 0 Å². The fourth-order valence-electron chi connectivity index (χ4n) is 4.04. The maximum absolute atomic E-state index is 6.20. The molecule has 1 aliphatic carbocycles. The first-order valence-electron chi connectivity index (χ1n) is 8.22. The Morgan fingerprint density at radius 3 is 2.95 bits per heavy atom. The van der Waals surface area contributed by atoms with E-state index in [9.17, 15) is 0 Å². The smallest absolute Gasteiger partial charge is 0.0897 e. The molecule has 2 aliphatic rings. The molecule has 2 fully saturated rings. The second kappa shape index (κ2) is 6.73. The molecule has 4 nitrogen and oxygen atoms in total. The summed E-state index contributed by atoms with van der Waals surface area (Å²) in [5, 5.41) is 3.30. The molecule has 3 N–H and O–H groups in total. The first-order valence-corrected chi connectivity index (χ1v) is 9.10. The highest BCUT2D eigenvalue weighted by molar-refractivity contribution is 7.09. The number of nitrogens with zero attached hydrogens (tertiary/aromatic N) is 1. The maximum Gasteiger partial charge on any atom is 0.0897 e. The van der Waals surface area contributed by atoms with E-state index in [2.05, 4.69) is 22.7 Å². The molecule has 0 aromatic carbocycles. The molecule has 1 saturated heterocycles. The van der Waals surface area contributed by atoms with Crippen molar-refractivity contribution in [2.24, 2.45) is 11.8 Å². The summed E-state index contributed by atoms with van der Waals surface area (Å²) in [4.78, 5) is 4.59. The van der Waals surface area contributed by atoms with E-state index in [1.54, 1.807) is 11.3 Å². The van der Waals surface area contributed by atoms with Gasteiger partial charge in [0.2, 0.25) is 0 Å². The molecule has 0 amide bonds. The van der Waals surface area contributed by atoms with Gasteiger partial charge in [-0.05, 0) is 38.5 Å². The highest BCUT2D eigenvalue weighted by Crippen LogP contribution is 2.41. The standard InChI is InChI=1S/C16H27N3OS/c1-12-18-14(11-21-12)9-15(19-17)13-5-8-20-16(10-13)6-3-2-4-7-16/h11,13,15,19H,2-10,17H2,1H3. The van der Waals surface area contributed by atoms with Gasteiger partial charge in [-0.2, -0.15) is 0 Å². The maximum atomic E-state index is 6.20. The molecule has 5 heteroatoms. The van der Waals surface area contributed by atoms with Gasteiger partial charge in [0.25, 0.3) is 0 Å². The fourth-order valence-corrected chi connectivity index (χ4v) is 4.67. The summed E-state index contributed by atoms with van der Waals surface area (Å²) in [7, 11) is 0. The summed E-state index contributed by atoms with van der Waals surface area (Å²) in [6.45, 7) is 2.95. The van der Waals surface area contributed by atoms with Gasteiger partial charge in [0.15, 0.2) is 0 Å². The lowest BCUT2D eigenvalue weighted by Crippen LogP contribution is -2.50. The van der Waals surface area contributed by atoms with Crippen LogP contribution in [0.1, 0.15) is 55.6 Å². The zero-order valence-electron chi connectivity index (χ0n) is 12.9. The largest absolute Gasteiger partial charge is 0.375 e. The Kier molecular flexibility index (Phi) is 4.94. The second-order valence-electron chi connectivity index (χ2n) is 6.68. The Bertz CT molecular complexity index is 451. The van der Waals surface area contributed by atoms with Crippen molar-refractivity contribution >= 4 is 11.3 Å². The third-order valence-electron chi connectivity index (χ3n) is 5.17. The van der Waals surface area contributed by atoms with Crippen LogP contribution in [0.15, 0.2) is 5.38 Å². The van der Waals surface area contributed by atoms with Crippen molar-refractivity contribution in [3.05, 3.63) is 16.1 Å². The molecule has 2 atom stereocenters. The summed E-state index contributed by atoms with van der Waals surface area (Å²) in [5.41, 5.74) is 4.38.